The van der Waals surface area contributed by atoms with Gasteiger partial charge >= 0.3 is 0 Å². The van der Waals surface area contributed by atoms with Crippen molar-refractivity contribution < 1.29 is 14.4 Å². The molecule has 0 saturated heterocycles. The lowest BCUT2D eigenvalue weighted by molar-refractivity contribution is -0.384. The number of hydrogen-bond acceptors (Lipinski definition) is 5. The van der Waals surface area contributed by atoms with Gasteiger partial charge in [0.25, 0.3) is 5.69 Å². The highest BCUT2D eigenvalue weighted by molar-refractivity contribution is 5.84. The Labute approximate surface area is 132 Å². The van der Waals surface area contributed by atoms with Gasteiger partial charge in [0.1, 0.15) is 30.2 Å². The Balaban J connectivity index is 1.56. The van der Waals surface area contributed by atoms with Crippen LogP contribution in [0.3, 0.4) is 0 Å². The zero-order valence-electron chi connectivity index (χ0n) is 12.2. The molecule has 6 nitrogen and oxygen atoms in total. The van der Waals surface area contributed by atoms with E-state index >= 15 is 0 Å². The average molecular weight is 310 g/mol. The number of benzene rings is 2. The number of non-ortho nitro benzene ring substituents is 1. The third-order valence-corrected chi connectivity index (χ3v) is 3.25. The number of rotatable bonds is 6. The molecule has 0 bridgehead atoms. The number of aromatic nitrogens is 1. The zero-order chi connectivity index (χ0) is 16.1. The van der Waals surface area contributed by atoms with E-state index in [1.54, 1.807) is 18.3 Å². The molecule has 0 aliphatic rings. The molecular weight excluding hydrogens is 296 g/mol. The highest BCUT2D eigenvalue weighted by atomic mass is 16.6. The second-order valence-electron chi connectivity index (χ2n) is 4.78. The summed E-state index contributed by atoms with van der Waals surface area (Å²) in [4.78, 5) is 14.4. The lowest BCUT2D eigenvalue weighted by Gasteiger charge is -2.09. The predicted octanol–water partition coefficient (Wildman–Crippen LogP) is 3.60. The number of fused-ring (bicyclic) bond motifs is 1. The molecule has 0 spiro atoms. The molecule has 0 fully saturated rings. The van der Waals surface area contributed by atoms with Crippen molar-refractivity contribution in [2.45, 2.75) is 0 Å². The number of nitro benzene ring substituents is 1. The molecule has 0 aliphatic carbocycles. The number of pyridine rings is 1. The van der Waals surface area contributed by atoms with Gasteiger partial charge in [-0.1, -0.05) is 18.2 Å². The Hall–Kier alpha value is -3.15. The topological polar surface area (TPSA) is 74.5 Å². The molecule has 116 valence electrons. The molecule has 2 aromatic carbocycles. The molecule has 3 rings (SSSR count). The number of para-hydroxylation sites is 1. The summed E-state index contributed by atoms with van der Waals surface area (Å²) in [5, 5.41) is 11.6. The first kappa shape index (κ1) is 14.8. The fraction of sp³-hybridized carbons (Fsp3) is 0.118. The zero-order valence-corrected chi connectivity index (χ0v) is 12.2. The van der Waals surface area contributed by atoms with Crippen molar-refractivity contribution in [3.8, 4) is 11.5 Å². The molecule has 0 saturated carbocycles. The number of nitrogens with zero attached hydrogens (tertiary/aromatic N) is 2. The summed E-state index contributed by atoms with van der Waals surface area (Å²) in [6.07, 6.45) is 1.72. The molecule has 3 aromatic rings. The molecule has 1 aromatic heterocycles. The van der Waals surface area contributed by atoms with E-state index in [4.69, 9.17) is 9.47 Å². The van der Waals surface area contributed by atoms with Crippen molar-refractivity contribution in [1.29, 1.82) is 0 Å². The van der Waals surface area contributed by atoms with Crippen LogP contribution >= 0.6 is 0 Å². The van der Waals surface area contributed by atoms with Crippen LogP contribution in [0.5, 0.6) is 11.5 Å². The van der Waals surface area contributed by atoms with Crippen molar-refractivity contribution in [2.75, 3.05) is 13.2 Å². The van der Waals surface area contributed by atoms with Crippen LogP contribution in [0.1, 0.15) is 0 Å². The normalized spacial score (nSPS) is 10.4. The molecule has 1 heterocycles. The summed E-state index contributed by atoms with van der Waals surface area (Å²) in [5.74, 6) is 1.27. The number of nitro groups is 1. The van der Waals surface area contributed by atoms with Crippen LogP contribution < -0.4 is 9.47 Å². The molecule has 0 radical (unpaired) electrons. The van der Waals surface area contributed by atoms with Crippen LogP contribution in [-0.4, -0.2) is 23.1 Å². The molecule has 0 aliphatic heterocycles. The van der Waals surface area contributed by atoms with E-state index in [0.717, 1.165) is 10.9 Å². The Morgan fingerprint density at radius 1 is 0.957 bits per heavy atom. The van der Waals surface area contributed by atoms with Gasteiger partial charge in [-0.05, 0) is 24.3 Å². The van der Waals surface area contributed by atoms with E-state index in [1.807, 2.05) is 30.3 Å². The lowest BCUT2D eigenvalue weighted by Crippen LogP contribution is -2.09. The Kier molecular flexibility index (Phi) is 4.33. The minimum absolute atomic E-state index is 0.0374. The number of hydrogen-bond donors (Lipinski definition) is 0. The molecule has 0 N–H and O–H groups in total. The first-order valence-corrected chi connectivity index (χ1v) is 7.08. The molecular formula is C17H14N2O4. The molecule has 0 amide bonds. The Bertz CT molecular complexity index is 813. The summed E-state index contributed by atoms with van der Waals surface area (Å²) >= 11 is 0. The van der Waals surface area contributed by atoms with E-state index in [9.17, 15) is 10.1 Å². The highest BCUT2D eigenvalue weighted by Gasteiger charge is 2.05. The third kappa shape index (κ3) is 3.55. The van der Waals surface area contributed by atoms with E-state index in [-0.39, 0.29) is 5.69 Å². The van der Waals surface area contributed by atoms with E-state index < -0.39 is 4.92 Å². The fourth-order valence-electron chi connectivity index (χ4n) is 2.17. The molecule has 6 heteroatoms. The standard InChI is InChI=1S/C17H14N2O4/c20-19(21)14-6-8-15(9-7-14)22-11-12-23-16-5-1-3-13-4-2-10-18-17(13)16/h1-10H,11-12H2. The van der Waals surface area contributed by atoms with Gasteiger partial charge in [0, 0.05) is 23.7 Å². The van der Waals surface area contributed by atoms with Gasteiger partial charge in [-0.3, -0.25) is 15.1 Å². The molecule has 0 unspecified atom stereocenters. The Morgan fingerprint density at radius 2 is 1.70 bits per heavy atom. The van der Waals surface area contributed by atoms with E-state index in [1.165, 1.54) is 12.1 Å². The highest BCUT2D eigenvalue weighted by Crippen LogP contribution is 2.23. The van der Waals surface area contributed by atoms with Crippen molar-refractivity contribution in [1.82, 2.24) is 4.98 Å². The summed E-state index contributed by atoms with van der Waals surface area (Å²) in [7, 11) is 0. The third-order valence-electron chi connectivity index (χ3n) is 3.25. The molecule has 23 heavy (non-hydrogen) atoms. The number of ether oxygens (including phenoxy) is 2. The minimum Gasteiger partial charge on any atom is -0.490 e. The maximum atomic E-state index is 10.6. The van der Waals surface area contributed by atoms with Crippen molar-refractivity contribution in [3.05, 3.63) is 70.9 Å². The van der Waals surface area contributed by atoms with Gasteiger partial charge in [0.2, 0.25) is 0 Å². The maximum absolute atomic E-state index is 10.6. The summed E-state index contributed by atoms with van der Waals surface area (Å²) in [5.41, 5.74) is 0.848. The summed E-state index contributed by atoms with van der Waals surface area (Å²) < 4.78 is 11.2. The van der Waals surface area contributed by atoms with Gasteiger partial charge in [-0.25, -0.2) is 0 Å². The fourth-order valence-corrected chi connectivity index (χ4v) is 2.17. The van der Waals surface area contributed by atoms with Gasteiger partial charge in [-0.15, -0.1) is 0 Å². The van der Waals surface area contributed by atoms with Crippen molar-refractivity contribution in [2.24, 2.45) is 0 Å². The minimum atomic E-state index is -0.444. The Morgan fingerprint density at radius 3 is 2.48 bits per heavy atom. The first-order chi connectivity index (χ1) is 11.2. The maximum Gasteiger partial charge on any atom is 0.269 e. The van der Waals surface area contributed by atoms with E-state index in [2.05, 4.69) is 4.98 Å². The smallest absolute Gasteiger partial charge is 0.269 e. The van der Waals surface area contributed by atoms with Crippen molar-refractivity contribution >= 4 is 16.6 Å². The lowest BCUT2D eigenvalue weighted by atomic mass is 10.2. The first-order valence-electron chi connectivity index (χ1n) is 7.08. The van der Waals surface area contributed by atoms with Crippen LogP contribution in [0, 0.1) is 10.1 Å². The monoisotopic (exact) mass is 310 g/mol. The summed E-state index contributed by atoms with van der Waals surface area (Å²) in [6.45, 7) is 0.688. The van der Waals surface area contributed by atoms with Gasteiger partial charge in [0.05, 0.1) is 4.92 Å². The van der Waals surface area contributed by atoms with Crippen LogP contribution in [-0.2, 0) is 0 Å². The van der Waals surface area contributed by atoms with Crippen LogP contribution in [0.2, 0.25) is 0 Å². The predicted molar refractivity (Wildman–Crippen MR) is 85.8 cm³/mol. The van der Waals surface area contributed by atoms with Gasteiger partial charge in [-0.2, -0.15) is 0 Å². The van der Waals surface area contributed by atoms with Crippen LogP contribution in [0.4, 0.5) is 5.69 Å². The second kappa shape index (κ2) is 6.74. The van der Waals surface area contributed by atoms with Crippen LogP contribution in [0.15, 0.2) is 60.8 Å². The molecule has 0 atom stereocenters. The average Bonchev–Trinajstić information content (AvgIpc) is 2.59. The van der Waals surface area contributed by atoms with Crippen molar-refractivity contribution in [3.63, 3.8) is 0 Å². The van der Waals surface area contributed by atoms with Crippen LogP contribution in [0.25, 0.3) is 10.9 Å². The quantitative estimate of drug-likeness (QED) is 0.395. The van der Waals surface area contributed by atoms with Gasteiger partial charge < -0.3 is 9.47 Å². The van der Waals surface area contributed by atoms with Gasteiger partial charge in [0.15, 0.2) is 0 Å². The van der Waals surface area contributed by atoms with E-state index in [0.29, 0.717) is 24.7 Å². The summed E-state index contributed by atoms with van der Waals surface area (Å²) in [6, 6.07) is 15.6. The second-order valence-corrected chi connectivity index (χ2v) is 4.78. The largest absolute Gasteiger partial charge is 0.490 e. The SMILES string of the molecule is O=[N+]([O-])c1ccc(OCCOc2cccc3cccnc23)cc1.